The number of anilines is 1. The van der Waals surface area contributed by atoms with Crippen molar-refractivity contribution in [2.75, 3.05) is 11.9 Å². The van der Waals surface area contributed by atoms with Gasteiger partial charge in [-0.05, 0) is 61.2 Å². The van der Waals surface area contributed by atoms with Gasteiger partial charge in [-0.25, -0.2) is 0 Å². The third kappa shape index (κ3) is 5.06. The number of hydrogen-bond acceptors (Lipinski definition) is 5. The van der Waals surface area contributed by atoms with Crippen molar-refractivity contribution in [1.82, 2.24) is 10.3 Å². The van der Waals surface area contributed by atoms with E-state index in [1.807, 2.05) is 32.0 Å². The molecule has 1 atom stereocenters. The van der Waals surface area contributed by atoms with Gasteiger partial charge < -0.3 is 10.6 Å². The third-order valence-corrected chi connectivity index (χ3v) is 6.76. The van der Waals surface area contributed by atoms with E-state index < -0.39 is 11.4 Å². The second-order valence-corrected chi connectivity index (χ2v) is 9.35. The maximum atomic E-state index is 13.9. The number of aromatic nitrogens is 1. The number of pyridine rings is 1. The van der Waals surface area contributed by atoms with Gasteiger partial charge in [-0.1, -0.05) is 29.8 Å². The fraction of sp³-hybridized carbons (Fsp3) is 0.250. The number of carbonyl (C=O) groups is 3. The highest BCUT2D eigenvalue weighted by molar-refractivity contribution is 6.31. The molecule has 7 nitrogen and oxygen atoms in total. The number of aliphatic imine (C=N–C) groups is 1. The summed E-state index contributed by atoms with van der Waals surface area (Å²) in [6.45, 7) is 5.48. The van der Waals surface area contributed by atoms with Crippen molar-refractivity contribution in [2.24, 2.45) is 4.99 Å². The molecule has 4 rings (SSSR count). The SMILES string of the molecule is CC(=O)NCCc1ccncc1C1(CC(=O)c2cc(C)c(Cl)cc2C)N=Cc2ccccc2NC1=O. The number of nitrogens with one attached hydrogen (secondary N) is 2. The minimum absolute atomic E-state index is 0.148. The lowest BCUT2D eigenvalue weighted by molar-refractivity contribution is -0.121. The molecule has 1 aromatic heterocycles. The normalized spacial score (nSPS) is 16.6. The summed E-state index contributed by atoms with van der Waals surface area (Å²) in [5, 5.41) is 6.33. The molecule has 36 heavy (non-hydrogen) atoms. The van der Waals surface area contributed by atoms with Crippen LogP contribution in [0.1, 0.15) is 51.5 Å². The number of fused-ring (bicyclic) bond motifs is 1. The summed E-state index contributed by atoms with van der Waals surface area (Å²) in [4.78, 5) is 48.1. The highest BCUT2D eigenvalue weighted by Crippen LogP contribution is 2.38. The summed E-state index contributed by atoms with van der Waals surface area (Å²) < 4.78 is 0. The van der Waals surface area contributed by atoms with E-state index in [4.69, 9.17) is 16.6 Å². The Hall–Kier alpha value is -3.84. The first kappa shape index (κ1) is 25.3. The van der Waals surface area contributed by atoms with Gasteiger partial charge >= 0.3 is 0 Å². The van der Waals surface area contributed by atoms with Crippen LogP contribution >= 0.6 is 11.6 Å². The lowest BCUT2D eigenvalue weighted by Crippen LogP contribution is -2.41. The van der Waals surface area contributed by atoms with Gasteiger partial charge in [-0.3, -0.25) is 24.4 Å². The van der Waals surface area contributed by atoms with Gasteiger partial charge in [-0.2, -0.15) is 0 Å². The third-order valence-electron chi connectivity index (χ3n) is 6.36. The lowest BCUT2D eigenvalue weighted by atomic mass is 9.80. The quantitative estimate of drug-likeness (QED) is 0.462. The van der Waals surface area contributed by atoms with Gasteiger partial charge in [0.25, 0.3) is 5.91 Å². The Labute approximate surface area is 215 Å². The summed E-state index contributed by atoms with van der Waals surface area (Å²) in [6, 6.07) is 12.6. The smallest absolute Gasteiger partial charge is 0.257 e. The fourth-order valence-corrected chi connectivity index (χ4v) is 4.61. The van der Waals surface area contributed by atoms with Gasteiger partial charge in [-0.15, -0.1) is 0 Å². The van der Waals surface area contributed by atoms with E-state index in [1.165, 1.54) is 6.92 Å². The predicted octanol–water partition coefficient (Wildman–Crippen LogP) is 4.57. The van der Waals surface area contributed by atoms with E-state index in [2.05, 4.69) is 15.6 Å². The van der Waals surface area contributed by atoms with Gasteiger partial charge in [0.15, 0.2) is 11.3 Å². The van der Waals surface area contributed by atoms with Crippen molar-refractivity contribution in [2.45, 2.75) is 39.2 Å². The standard InChI is InChI=1S/C28H27ClN4O3/c1-17-13-24(29)18(2)12-22(17)26(35)14-28(23-16-30-10-8-20(23)9-11-31-19(3)34)27(36)33-25-7-5-4-6-21(25)15-32-28/h4-8,10,12-13,15-16H,9,11,14H2,1-3H3,(H,31,34)(H,33,36). The molecule has 0 aliphatic carbocycles. The van der Waals surface area contributed by atoms with Crippen molar-refractivity contribution in [1.29, 1.82) is 0 Å². The monoisotopic (exact) mass is 502 g/mol. The zero-order valence-electron chi connectivity index (χ0n) is 20.4. The zero-order valence-corrected chi connectivity index (χ0v) is 21.1. The van der Waals surface area contributed by atoms with E-state index in [1.54, 1.807) is 42.9 Å². The fourth-order valence-electron chi connectivity index (χ4n) is 4.40. The number of para-hydroxylation sites is 1. The van der Waals surface area contributed by atoms with Gasteiger partial charge in [0.1, 0.15) is 0 Å². The Kier molecular flexibility index (Phi) is 7.31. The van der Waals surface area contributed by atoms with Crippen molar-refractivity contribution in [3.8, 4) is 0 Å². The van der Waals surface area contributed by atoms with Crippen LogP contribution in [-0.2, 0) is 21.5 Å². The van der Waals surface area contributed by atoms with Crippen molar-refractivity contribution in [3.05, 3.63) is 93.3 Å². The molecule has 1 aliphatic rings. The second-order valence-electron chi connectivity index (χ2n) is 8.94. The van der Waals surface area contributed by atoms with E-state index in [0.717, 1.165) is 22.3 Å². The number of benzene rings is 2. The summed E-state index contributed by atoms with van der Waals surface area (Å²) in [6.07, 6.45) is 5.09. The van der Waals surface area contributed by atoms with E-state index in [9.17, 15) is 14.4 Å². The Morgan fingerprint density at radius 2 is 1.89 bits per heavy atom. The van der Waals surface area contributed by atoms with Crippen LogP contribution in [0.5, 0.6) is 0 Å². The maximum Gasteiger partial charge on any atom is 0.257 e. The molecule has 3 aromatic rings. The number of hydrogen-bond donors (Lipinski definition) is 2. The maximum absolute atomic E-state index is 13.9. The Morgan fingerprint density at radius 3 is 2.67 bits per heavy atom. The number of rotatable bonds is 7. The minimum atomic E-state index is -1.56. The molecular formula is C28H27ClN4O3. The molecule has 0 radical (unpaired) electrons. The number of Topliss-reactive ketones (excluding diaryl/α,β-unsaturated/α-hetero) is 1. The molecule has 184 valence electrons. The molecule has 0 bridgehead atoms. The zero-order chi connectivity index (χ0) is 25.9. The summed E-state index contributed by atoms with van der Waals surface area (Å²) >= 11 is 6.26. The number of ketones is 1. The van der Waals surface area contributed by atoms with Crippen LogP contribution in [0.25, 0.3) is 0 Å². The van der Waals surface area contributed by atoms with Gasteiger partial charge in [0, 0.05) is 65.9 Å². The van der Waals surface area contributed by atoms with E-state index in [0.29, 0.717) is 34.8 Å². The molecule has 0 saturated heterocycles. The van der Waals surface area contributed by atoms with Crippen LogP contribution in [0.15, 0.2) is 59.9 Å². The van der Waals surface area contributed by atoms with E-state index in [-0.39, 0.29) is 18.1 Å². The van der Waals surface area contributed by atoms with Gasteiger partial charge in [0.2, 0.25) is 5.91 Å². The minimum Gasteiger partial charge on any atom is -0.356 e. The van der Waals surface area contributed by atoms with Crippen LogP contribution in [-0.4, -0.2) is 35.3 Å². The van der Waals surface area contributed by atoms with Crippen LogP contribution in [0.3, 0.4) is 0 Å². The molecule has 2 heterocycles. The lowest BCUT2D eigenvalue weighted by Gasteiger charge is -2.29. The van der Waals surface area contributed by atoms with E-state index >= 15 is 0 Å². The molecule has 2 amide bonds. The molecule has 1 aliphatic heterocycles. The number of aryl methyl sites for hydroxylation is 2. The average molecular weight is 503 g/mol. The first-order valence-electron chi connectivity index (χ1n) is 11.6. The summed E-state index contributed by atoms with van der Waals surface area (Å²) in [5.41, 5.74) is 3.08. The second kappa shape index (κ2) is 10.4. The molecule has 2 aromatic carbocycles. The van der Waals surface area contributed by atoms with Crippen LogP contribution in [0.2, 0.25) is 5.02 Å². The molecule has 2 N–H and O–H groups in total. The molecule has 0 fully saturated rings. The largest absolute Gasteiger partial charge is 0.356 e. The first-order chi connectivity index (χ1) is 17.2. The van der Waals surface area contributed by atoms with Crippen molar-refractivity contribution >= 4 is 41.1 Å². The Morgan fingerprint density at radius 1 is 1.11 bits per heavy atom. The number of nitrogens with zero attached hydrogens (tertiary/aromatic N) is 2. The molecule has 1 unspecified atom stereocenters. The average Bonchev–Trinajstić information content (AvgIpc) is 2.98. The van der Waals surface area contributed by atoms with Crippen LogP contribution < -0.4 is 10.6 Å². The summed E-state index contributed by atoms with van der Waals surface area (Å²) in [5.74, 6) is -0.805. The molecule has 0 spiro atoms. The molecular weight excluding hydrogens is 476 g/mol. The van der Waals surface area contributed by atoms with Crippen LogP contribution in [0.4, 0.5) is 5.69 Å². The highest BCUT2D eigenvalue weighted by atomic mass is 35.5. The van der Waals surface area contributed by atoms with Crippen LogP contribution in [0, 0.1) is 13.8 Å². The van der Waals surface area contributed by atoms with Crippen molar-refractivity contribution in [3.63, 3.8) is 0 Å². The highest BCUT2D eigenvalue weighted by Gasteiger charge is 2.45. The predicted molar refractivity (Wildman–Crippen MR) is 141 cm³/mol. The molecule has 0 saturated carbocycles. The van der Waals surface area contributed by atoms with Gasteiger partial charge in [0.05, 0.1) is 0 Å². The summed E-state index contributed by atoms with van der Waals surface area (Å²) in [7, 11) is 0. The number of halogens is 1. The number of amides is 2. The molecule has 8 heteroatoms. The Balaban J connectivity index is 1.83. The first-order valence-corrected chi connectivity index (χ1v) is 12.0. The number of benzodiazepines with no additional fused rings is 1. The Bertz CT molecular complexity index is 1380. The number of carbonyl (C=O) groups excluding carboxylic acids is 3. The van der Waals surface area contributed by atoms with Crippen molar-refractivity contribution < 1.29 is 14.4 Å². The topological polar surface area (TPSA) is 101 Å².